The SMILES string of the molecule is C=C(C)Cn1cc(B2OC(C)(C)C(C)(C)O2)cn1. The van der Waals surface area contributed by atoms with Crippen LogP contribution < -0.4 is 5.46 Å². The van der Waals surface area contributed by atoms with Crippen molar-refractivity contribution in [2.24, 2.45) is 0 Å². The van der Waals surface area contributed by atoms with Gasteiger partial charge in [-0.1, -0.05) is 12.2 Å². The lowest BCUT2D eigenvalue weighted by molar-refractivity contribution is 0.00578. The highest BCUT2D eigenvalue weighted by atomic mass is 16.7. The van der Waals surface area contributed by atoms with Crippen LogP contribution in [0.2, 0.25) is 0 Å². The Kier molecular flexibility index (Phi) is 3.15. The molecule has 0 bridgehead atoms. The second-order valence-corrected chi connectivity index (χ2v) is 6.02. The minimum Gasteiger partial charge on any atom is -0.399 e. The van der Waals surface area contributed by atoms with Gasteiger partial charge in [-0.25, -0.2) is 0 Å². The monoisotopic (exact) mass is 248 g/mol. The molecule has 0 amide bonds. The fourth-order valence-electron chi connectivity index (χ4n) is 1.84. The average Bonchev–Trinajstić information content (AvgIpc) is 2.70. The van der Waals surface area contributed by atoms with Gasteiger partial charge in [-0.3, -0.25) is 4.68 Å². The summed E-state index contributed by atoms with van der Waals surface area (Å²) in [7, 11) is -0.339. The molecule has 2 heterocycles. The van der Waals surface area contributed by atoms with Crippen molar-refractivity contribution in [1.82, 2.24) is 9.78 Å². The van der Waals surface area contributed by atoms with E-state index in [-0.39, 0.29) is 18.3 Å². The van der Waals surface area contributed by atoms with E-state index < -0.39 is 0 Å². The Morgan fingerprint density at radius 1 is 1.33 bits per heavy atom. The van der Waals surface area contributed by atoms with Crippen LogP contribution in [0.25, 0.3) is 0 Å². The predicted octanol–water partition coefficient (Wildman–Crippen LogP) is 1.76. The van der Waals surface area contributed by atoms with E-state index in [0.717, 1.165) is 17.6 Å². The van der Waals surface area contributed by atoms with E-state index in [2.05, 4.69) is 11.7 Å². The zero-order valence-corrected chi connectivity index (χ0v) is 11.9. The maximum absolute atomic E-state index is 5.97. The maximum Gasteiger partial charge on any atom is 0.498 e. The summed E-state index contributed by atoms with van der Waals surface area (Å²) in [6.45, 7) is 14.8. The zero-order chi connectivity index (χ0) is 13.6. The van der Waals surface area contributed by atoms with Gasteiger partial charge in [0.25, 0.3) is 0 Å². The fraction of sp³-hybridized carbons (Fsp3) is 0.615. The number of aromatic nitrogens is 2. The van der Waals surface area contributed by atoms with Crippen molar-refractivity contribution in [2.45, 2.75) is 52.4 Å². The Bertz CT molecular complexity index is 449. The summed E-state index contributed by atoms with van der Waals surface area (Å²) >= 11 is 0. The van der Waals surface area contributed by atoms with Gasteiger partial charge in [0.2, 0.25) is 0 Å². The third-order valence-corrected chi connectivity index (χ3v) is 3.61. The summed E-state index contributed by atoms with van der Waals surface area (Å²) in [6.07, 6.45) is 3.75. The van der Waals surface area contributed by atoms with E-state index in [4.69, 9.17) is 9.31 Å². The fourth-order valence-corrected chi connectivity index (χ4v) is 1.84. The van der Waals surface area contributed by atoms with Crippen LogP contribution in [0, 0.1) is 0 Å². The molecule has 0 spiro atoms. The Morgan fingerprint density at radius 2 is 1.89 bits per heavy atom. The second-order valence-electron chi connectivity index (χ2n) is 6.02. The molecule has 4 nitrogen and oxygen atoms in total. The molecule has 0 unspecified atom stereocenters. The third kappa shape index (κ3) is 2.38. The highest BCUT2D eigenvalue weighted by Gasteiger charge is 2.52. The third-order valence-electron chi connectivity index (χ3n) is 3.61. The zero-order valence-electron chi connectivity index (χ0n) is 11.9. The van der Waals surface area contributed by atoms with Gasteiger partial charge in [0.1, 0.15) is 0 Å². The van der Waals surface area contributed by atoms with Crippen molar-refractivity contribution >= 4 is 12.6 Å². The lowest BCUT2D eigenvalue weighted by Gasteiger charge is -2.32. The first kappa shape index (κ1) is 13.4. The lowest BCUT2D eigenvalue weighted by Crippen LogP contribution is -2.41. The quantitative estimate of drug-likeness (QED) is 0.604. The summed E-state index contributed by atoms with van der Waals surface area (Å²) in [6, 6.07) is 0. The minimum atomic E-state index is -0.339. The molecule has 2 rings (SSSR count). The van der Waals surface area contributed by atoms with Crippen molar-refractivity contribution in [3.05, 3.63) is 24.5 Å². The summed E-state index contributed by atoms with van der Waals surface area (Å²) in [5, 5.41) is 4.29. The van der Waals surface area contributed by atoms with E-state index in [1.165, 1.54) is 0 Å². The maximum atomic E-state index is 5.97. The van der Waals surface area contributed by atoms with E-state index in [0.29, 0.717) is 0 Å². The van der Waals surface area contributed by atoms with Gasteiger partial charge in [0.15, 0.2) is 0 Å². The molecule has 0 aliphatic carbocycles. The van der Waals surface area contributed by atoms with E-state index >= 15 is 0 Å². The molecule has 0 N–H and O–H groups in total. The number of rotatable bonds is 3. The van der Waals surface area contributed by atoms with Gasteiger partial charge < -0.3 is 9.31 Å². The molecule has 5 heteroatoms. The Balaban J connectivity index is 2.15. The molecular formula is C13H21BN2O2. The minimum absolute atomic E-state index is 0.311. The summed E-state index contributed by atoms with van der Waals surface area (Å²) in [5.41, 5.74) is 1.40. The van der Waals surface area contributed by atoms with Crippen molar-refractivity contribution in [2.75, 3.05) is 0 Å². The van der Waals surface area contributed by atoms with Gasteiger partial charge in [-0.15, -0.1) is 0 Å². The van der Waals surface area contributed by atoms with Crippen molar-refractivity contribution in [3.63, 3.8) is 0 Å². The highest BCUT2D eigenvalue weighted by molar-refractivity contribution is 6.61. The number of nitrogens with zero attached hydrogens (tertiary/aromatic N) is 2. The standard InChI is InChI=1S/C13H21BN2O2/c1-10(2)8-16-9-11(7-15-16)14-17-12(3,4)13(5,6)18-14/h7,9H,1,8H2,2-6H3. The van der Waals surface area contributed by atoms with Gasteiger partial charge in [-0.05, 0) is 34.6 Å². The first-order chi connectivity index (χ1) is 8.21. The Hall–Kier alpha value is -1.07. The summed E-state index contributed by atoms with van der Waals surface area (Å²) < 4.78 is 13.8. The van der Waals surface area contributed by atoms with Crippen LogP contribution in [0.1, 0.15) is 34.6 Å². The van der Waals surface area contributed by atoms with Crippen LogP contribution in [0.15, 0.2) is 24.5 Å². The first-order valence-electron chi connectivity index (χ1n) is 6.24. The molecule has 1 aromatic rings. The van der Waals surface area contributed by atoms with Crippen molar-refractivity contribution < 1.29 is 9.31 Å². The Labute approximate surface area is 109 Å². The molecule has 0 aromatic carbocycles. The molecule has 98 valence electrons. The molecule has 1 fully saturated rings. The molecule has 1 aromatic heterocycles. The van der Waals surface area contributed by atoms with E-state index in [1.54, 1.807) is 6.20 Å². The average molecular weight is 248 g/mol. The smallest absolute Gasteiger partial charge is 0.399 e. The van der Waals surface area contributed by atoms with Crippen molar-refractivity contribution in [1.29, 1.82) is 0 Å². The van der Waals surface area contributed by atoms with Crippen LogP contribution in [-0.2, 0) is 15.9 Å². The van der Waals surface area contributed by atoms with Crippen LogP contribution in [-0.4, -0.2) is 28.1 Å². The summed E-state index contributed by atoms with van der Waals surface area (Å²) in [4.78, 5) is 0. The molecule has 0 radical (unpaired) electrons. The van der Waals surface area contributed by atoms with Crippen LogP contribution >= 0.6 is 0 Å². The van der Waals surface area contributed by atoms with Crippen LogP contribution in [0.5, 0.6) is 0 Å². The van der Waals surface area contributed by atoms with Gasteiger partial charge >= 0.3 is 7.12 Å². The first-order valence-corrected chi connectivity index (χ1v) is 6.24. The molecule has 0 atom stereocenters. The van der Waals surface area contributed by atoms with Crippen molar-refractivity contribution in [3.8, 4) is 0 Å². The van der Waals surface area contributed by atoms with Gasteiger partial charge in [-0.2, -0.15) is 5.10 Å². The molecule has 1 aliphatic rings. The number of hydrogen-bond acceptors (Lipinski definition) is 3. The van der Waals surface area contributed by atoms with E-state index in [9.17, 15) is 0 Å². The van der Waals surface area contributed by atoms with Crippen LogP contribution in [0.3, 0.4) is 0 Å². The largest absolute Gasteiger partial charge is 0.498 e. The molecule has 18 heavy (non-hydrogen) atoms. The second kappa shape index (κ2) is 4.25. The number of allylic oxidation sites excluding steroid dienone is 1. The molecule has 1 aliphatic heterocycles. The molecular weight excluding hydrogens is 227 g/mol. The molecule has 1 saturated heterocycles. The lowest BCUT2D eigenvalue weighted by atomic mass is 9.82. The summed E-state index contributed by atoms with van der Waals surface area (Å²) in [5.74, 6) is 0. The van der Waals surface area contributed by atoms with Crippen LogP contribution in [0.4, 0.5) is 0 Å². The van der Waals surface area contributed by atoms with E-state index in [1.807, 2.05) is 45.5 Å². The normalized spacial score (nSPS) is 21.3. The topological polar surface area (TPSA) is 36.3 Å². The predicted molar refractivity (Wildman–Crippen MR) is 72.8 cm³/mol. The van der Waals surface area contributed by atoms with Gasteiger partial charge in [0, 0.05) is 17.9 Å². The Morgan fingerprint density at radius 3 is 2.39 bits per heavy atom. The van der Waals surface area contributed by atoms with Gasteiger partial charge in [0.05, 0.1) is 17.7 Å². The molecule has 0 saturated carbocycles. The number of hydrogen-bond donors (Lipinski definition) is 0. The highest BCUT2D eigenvalue weighted by Crippen LogP contribution is 2.36.